The first kappa shape index (κ1) is 37.5. The molecule has 0 radical (unpaired) electrons. The lowest BCUT2D eigenvalue weighted by atomic mass is 9.99. The van der Waals surface area contributed by atoms with Crippen LogP contribution in [0.2, 0.25) is 0 Å². The zero-order chi connectivity index (χ0) is 36.2. The first-order chi connectivity index (χ1) is 24.7. The third kappa shape index (κ3) is 10.4. The van der Waals surface area contributed by atoms with Gasteiger partial charge in [0, 0.05) is 54.3 Å². The number of nitrogens with two attached hydrogens (primary N) is 1. The molecule has 1 aromatic heterocycles. The second kappa shape index (κ2) is 18.5. The van der Waals surface area contributed by atoms with Crippen molar-refractivity contribution in [3.8, 4) is 16.9 Å². The predicted octanol–water partition coefficient (Wildman–Crippen LogP) is 6.82. The van der Waals surface area contributed by atoms with Crippen LogP contribution in [-0.2, 0) is 37.4 Å². The maximum absolute atomic E-state index is 13.4. The number of nitrogens with one attached hydrogen (secondary N) is 1. The monoisotopic (exact) mass is 711 g/mol. The van der Waals surface area contributed by atoms with Crippen molar-refractivity contribution in [2.24, 2.45) is 11.7 Å². The average molecular weight is 712 g/mol. The highest BCUT2D eigenvalue weighted by Crippen LogP contribution is 2.33. The normalized spacial score (nSPS) is 15.2. The molecular weight excluding hydrogens is 663 g/mol. The van der Waals surface area contributed by atoms with Gasteiger partial charge in [0.15, 0.2) is 0 Å². The molecule has 1 aliphatic rings. The van der Waals surface area contributed by atoms with Gasteiger partial charge in [0.2, 0.25) is 5.91 Å². The van der Waals surface area contributed by atoms with Crippen molar-refractivity contribution in [3.63, 3.8) is 0 Å². The van der Waals surface area contributed by atoms with Crippen LogP contribution < -0.4 is 20.7 Å². The van der Waals surface area contributed by atoms with Crippen LogP contribution in [0.5, 0.6) is 5.75 Å². The molecule has 11 heteroatoms. The van der Waals surface area contributed by atoms with Crippen molar-refractivity contribution >= 4 is 40.1 Å². The van der Waals surface area contributed by atoms with Crippen LogP contribution in [0.4, 0.5) is 11.4 Å². The van der Waals surface area contributed by atoms with E-state index in [0.29, 0.717) is 54.6 Å². The number of benzene rings is 3. The molecule has 51 heavy (non-hydrogen) atoms. The lowest BCUT2D eigenvalue weighted by Crippen LogP contribution is -2.27. The molecule has 5 rings (SSSR count). The summed E-state index contributed by atoms with van der Waals surface area (Å²) in [6.45, 7) is 9.87. The Morgan fingerprint density at radius 3 is 2.47 bits per heavy atom. The van der Waals surface area contributed by atoms with Crippen LogP contribution in [0.1, 0.15) is 57.7 Å². The van der Waals surface area contributed by atoms with E-state index in [1.165, 1.54) is 0 Å². The lowest BCUT2D eigenvalue weighted by molar-refractivity contribution is -0.121. The standard InChI is InChI=1S/C40H49N5O5S/c1-4-6-20-49-21-22-50-36-12-7-30(8-13-36)31-9-16-38(44-19-17-32(26-44)39(41)46)33(24-31)23-29(3)40(47)43-34-10-14-37(15-11-34)51(48)27-35-25-42-28-45(35)18-5-2/h7-16,23-25,28,32H,4-6,17-22,26-27H2,1-3H3,(H2,41,46)(H,43,47)/b29-23+/t32?,51-/m0/s1. The number of nitrogens with zero attached hydrogens (tertiary/aromatic N) is 3. The molecule has 1 fully saturated rings. The molecule has 3 N–H and O–H groups in total. The molecule has 3 aromatic carbocycles. The molecule has 10 nitrogen and oxygen atoms in total. The summed E-state index contributed by atoms with van der Waals surface area (Å²) in [5.41, 5.74) is 11.5. The Bertz CT molecular complexity index is 1820. The zero-order valence-electron chi connectivity index (χ0n) is 29.8. The molecule has 0 saturated carbocycles. The number of carbonyl (C=O) groups excluding carboxylic acids is 2. The Morgan fingerprint density at radius 2 is 1.76 bits per heavy atom. The zero-order valence-corrected chi connectivity index (χ0v) is 30.6. The van der Waals surface area contributed by atoms with Gasteiger partial charge in [-0.1, -0.05) is 38.5 Å². The van der Waals surface area contributed by atoms with Crippen molar-refractivity contribution < 1.29 is 23.3 Å². The minimum absolute atomic E-state index is 0.216. The van der Waals surface area contributed by atoms with E-state index in [1.54, 1.807) is 43.7 Å². The number of anilines is 2. The van der Waals surface area contributed by atoms with Gasteiger partial charge < -0.3 is 30.0 Å². The van der Waals surface area contributed by atoms with Gasteiger partial charge in [-0.3, -0.25) is 13.8 Å². The molecule has 2 amide bonds. The number of ether oxygens (including phenoxy) is 2. The van der Waals surface area contributed by atoms with Gasteiger partial charge >= 0.3 is 0 Å². The molecule has 270 valence electrons. The van der Waals surface area contributed by atoms with Crippen LogP contribution in [0, 0.1) is 5.92 Å². The maximum Gasteiger partial charge on any atom is 0.251 e. The van der Waals surface area contributed by atoms with E-state index in [-0.39, 0.29) is 17.7 Å². The molecule has 4 aromatic rings. The Morgan fingerprint density at radius 1 is 1.00 bits per heavy atom. The van der Waals surface area contributed by atoms with E-state index in [2.05, 4.69) is 41.2 Å². The summed E-state index contributed by atoms with van der Waals surface area (Å²) in [7, 11) is -1.25. The topological polar surface area (TPSA) is 129 Å². The first-order valence-electron chi connectivity index (χ1n) is 17.7. The van der Waals surface area contributed by atoms with Crippen molar-refractivity contribution in [3.05, 3.63) is 96.1 Å². The third-order valence-electron chi connectivity index (χ3n) is 8.93. The van der Waals surface area contributed by atoms with Gasteiger partial charge in [0.05, 0.1) is 41.1 Å². The minimum atomic E-state index is -1.25. The molecule has 0 spiro atoms. The van der Waals surface area contributed by atoms with Crippen molar-refractivity contribution in [2.75, 3.05) is 43.1 Å². The lowest BCUT2D eigenvalue weighted by Gasteiger charge is -2.22. The molecule has 1 saturated heterocycles. The summed E-state index contributed by atoms with van der Waals surface area (Å²) in [4.78, 5) is 32.4. The molecule has 1 unspecified atom stereocenters. The maximum atomic E-state index is 13.4. The number of carbonyl (C=O) groups is 2. The average Bonchev–Trinajstić information content (AvgIpc) is 3.81. The number of hydrogen-bond donors (Lipinski definition) is 2. The Hall–Kier alpha value is -4.74. The Labute approximate surface area is 303 Å². The number of aryl methyl sites for hydroxylation is 1. The van der Waals surface area contributed by atoms with Gasteiger partial charge in [0.1, 0.15) is 12.4 Å². The Balaban J connectivity index is 1.29. The first-order valence-corrected chi connectivity index (χ1v) is 19.0. The number of aromatic nitrogens is 2. The molecule has 0 aliphatic carbocycles. The highest BCUT2D eigenvalue weighted by Gasteiger charge is 2.28. The number of rotatable bonds is 18. The van der Waals surface area contributed by atoms with Crippen molar-refractivity contribution in [2.45, 2.75) is 63.6 Å². The summed E-state index contributed by atoms with van der Waals surface area (Å²) in [6, 6.07) is 21.2. The van der Waals surface area contributed by atoms with E-state index < -0.39 is 10.8 Å². The molecule has 1 aliphatic heterocycles. The van der Waals surface area contributed by atoms with E-state index >= 15 is 0 Å². The fourth-order valence-electron chi connectivity index (χ4n) is 6.01. The van der Waals surface area contributed by atoms with Crippen LogP contribution >= 0.6 is 0 Å². The smallest absolute Gasteiger partial charge is 0.251 e. The summed E-state index contributed by atoms with van der Waals surface area (Å²) in [5, 5.41) is 2.98. The number of unbranched alkanes of at least 4 members (excludes halogenated alkanes) is 1. The fraction of sp³-hybridized carbons (Fsp3) is 0.375. The molecule has 2 atom stereocenters. The van der Waals surface area contributed by atoms with Crippen LogP contribution in [0.25, 0.3) is 17.2 Å². The number of amides is 2. The summed E-state index contributed by atoms with van der Waals surface area (Å²) >= 11 is 0. The van der Waals surface area contributed by atoms with Crippen molar-refractivity contribution in [1.82, 2.24) is 9.55 Å². The van der Waals surface area contributed by atoms with Gasteiger partial charge in [-0.25, -0.2) is 4.98 Å². The SMILES string of the molecule is CCCCOCCOc1ccc(-c2ccc(N3CCC(C(N)=O)C3)c(/C=C(\C)C(=O)Nc3ccc([S@@](=O)Cc4cncn4CCC)cc3)c2)cc1. The highest BCUT2D eigenvalue weighted by molar-refractivity contribution is 7.84. The summed E-state index contributed by atoms with van der Waals surface area (Å²) in [6.07, 6.45) is 9.22. The highest BCUT2D eigenvalue weighted by atomic mass is 32.2. The van der Waals surface area contributed by atoms with E-state index in [4.69, 9.17) is 15.2 Å². The summed E-state index contributed by atoms with van der Waals surface area (Å²) in [5.74, 6) is 0.384. The number of imidazole rings is 1. The fourth-order valence-corrected chi connectivity index (χ4v) is 7.12. The predicted molar refractivity (Wildman–Crippen MR) is 204 cm³/mol. The van der Waals surface area contributed by atoms with E-state index in [1.807, 2.05) is 41.0 Å². The quantitative estimate of drug-likeness (QED) is 0.0857. The van der Waals surface area contributed by atoms with Crippen molar-refractivity contribution in [1.29, 1.82) is 0 Å². The van der Waals surface area contributed by atoms with Crippen LogP contribution in [-0.4, -0.2) is 58.5 Å². The molecule has 0 bridgehead atoms. The molecular formula is C40H49N5O5S. The van der Waals surface area contributed by atoms with E-state index in [0.717, 1.165) is 66.2 Å². The van der Waals surface area contributed by atoms with Crippen LogP contribution in [0.15, 0.2) is 89.7 Å². The second-order valence-electron chi connectivity index (χ2n) is 12.8. The number of primary amides is 1. The molecule has 2 heterocycles. The second-order valence-corrected chi connectivity index (χ2v) is 14.3. The minimum Gasteiger partial charge on any atom is -0.491 e. The van der Waals surface area contributed by atoms with E-state index in [9.17, 15) is 13.8 Å². The van der Waals surface area contributed by atoms with Gasteiger partial charge in [-0.15, -0.1) is 0 Å². The third-order valence-corrected chi connectivity index (χ3v) is 10.3. The number of hydrogen-bond acceptors (Lipinski definition) is 7. The van der Waals surface area contributed by atoms with Gasteiger partial charge in [-0.2, -0.15) is 0 Å². The van der Waals surface area contributed by atoms with Gasteiger partial charge in [0.25, 0.3) is 5.91 Å². The largest absolute Gasteiger partial charge is 0.491 e. The Kier molecular flexibility index (Phi) is 13.6. The van der Waals surface area contributed by atoms with Gasteiger partial charge in [-0.05, 0) is 97.5 Å². The van der Waals surface area contributed by atoms with Crippen LogP contribution in [0.3, 0.4) is 0 Å². The summed E-state index contributed by atoms with van der Waals surface area (Å²) < 4.78 is 26.6.